The number of benzene rings is 1. The Morgan fingerprint density at radius 2 is 1.70 bits per heavy atom. The second kappa shape index (κ2) is 7.78. The summed E-state index contributed by atoms with van der Waals surface area (Å²) < 4.78 is 0. The molecule has 0 aliphatic heterocycles. The van der Waals surface area contributed by atoms with Gasteiger partial charge in [0.2, 0.25) is 0 Å². The lowest BCUT2D eigenvalue weighted by atomic mass is 9.98. The van der Waals surface area contributed by atoms with Crippen molar-refractivity contribution in [3.05, 3.63) is 66.0 Å². The van der Waals surface area contributed by atoms with Crippen molar-refractivity contribution in [2.24, 2.45) is 0 Å². The minimum atomic E-state index is 0.160. The summed E-state index contributed by atoms with van der Waals surface area (Å²) in [5.41, 5.74) is 2.46. The van der Waals surface area contributed by atoms with E-state index in [-0.39, 0.29) is 12.6 Å². The number of rotatable bonds is 7. The fourth-order valence-electron chi connectivity index (χ4n) is 2.35. The van der Waals surface area contributed by atoms with Crippen molar-refractivity contribution in [2.75, 3.05) is 6.61 Å². The van der Waals surface area contributed by atoms with Gasteiger partial charge in [-0.25, -0.2) is 0 Å². The molecule has 0 spiro atoms. The predicted octanol–water partition coefficient (Wildman–Crippen LogP) is 2.92. The number of aliphatic hydroxyl groups excluding tert-OH is 1. The summed E-state index contributed by atoms with van der Waals surface area (Å²) in [6.45, 7) is 2.41. The number of nitrogens with zero attached hydrogens (tertiary/aromatic N) is 1. The molecule has 20 heavy (non-hydrogen) atoms. The summed E-state index contributed by atoms with van der Waals surface area (Å²) in [4.78, 5) is 4.09. The van der Waals surface area contributed by atoms with Crippen LogP contribution in [0.3, 0.4) is 0 Å². The number of aliphatic hydroxyl groups is 1. The van der Waals surface area contributed by atoms with E-state index in [0.717, 1.165) is 12.8 Å². The van der Waals surface area contributed by atoms with Gasteiger partial charge in [0.05, 0.1) is 6.04 Å². The lowest BCUT2D eigenvalue weighted by molar-refractivity contribution is 0.275. The van der Waals surface area contributed by atoms with Crippen molar-refractivity contribution < 1.29 is 5.11 Å². The van der Waals surface area contributed by atoms with Gasteiger partial charge < -0.3 is 10.4 Å². The molecule has 0 saturated carbocycles. The number of aromatic nitrogens is 1. The first-order valence-electron chi connectivity index (χ1n) is 7.13. The molecule has 0 saturated heterocycles. The summed E-state index contributed by atoms with van der Waals surface area (Å²) >= 11 is 0. The molecule has 106 valence electrons. The third-order valence-electron chi connectivity index (χ3n) is 3.42. The monoisotopic (exact) mass is 270 g/mol. The molecular weight excluding hydrogens is 248 g/mol. The van der Waals surface area contributed by atoms with E-state index in [9.17, 15) is 0 Å². The highest BCUT2D eigenvalue weighted by molar-refractivity contribution is 5.30. The van der Waals surface area contributed by atoms with Crippen LogP contribution in [0, 0.1) is 0 Å². The minimum absolute atomic E-state index is 0.160. The van der Waals surface area contributed by atoms with Crippen LogP contribution in [0.25, 0.3) is 0 Å². The molecular formula is C17H22N2O. The zero-order valence-electron chi connectivity index (χ0n) is 11.9. The molecule has 3 nitrogen and oxygen atoms in total. The third kappa shape index (κ3) is 4.15. The number of nitrogens with one attached hydrogen (secondary N) is 1. The van der Waals surface area contributed by atoms with Gasteiger partial charge >= 0.3 is 0 Å². The van der Waals surface area contributed by atoms with Gasteiger partial charge in [-0.2, -0.15) is 0 Å². The van der Waals surface area contributed by atoms with E-state index in [1.807, 2.05) is 30.6 Å². The van der Waals surface area contributed by atoms with Crippen molar-refractivity contribution in [1.82, 2.24) is 10.3 Å². The van der Waals surface area contributed by atoms with Gasteiger partial charge in [-0.15, -0.1) is 0 Å². The molecule has 0 amide bonds. The first-order chi connectivity index (χ1) is 9.81. The zero-order valence-corrected chi connectivity index (χ0v) is 11.9. The Balaban J connectivity index is 2.17. The van der Waals surface area contributed by atoms with Crippen LogP contribution in [0.1, 0.15) is 36.9 Å². The van der Waals surface area contributed by atoms with Gasteiger partial charge in [0.1, 0.15) is 0 Å². The van der Waals surface area contributed by atoms with Gasteiger partial charge in [0.15, 0.2) is 0 Å². The normalized spacial score (nSPS) is 13.9. The summed E-state index contributed by atoms with van der Waals surface area (Å²) in [5.74, 6) is 0. The maximum absolute atomic E-state index is 8.95. The van der Waals surface area contributed by atoms with Crippen LogP contribution in [0.4, 0.5) is 0 Å². The fourth-order valence-corrected chi connectivity index (χ4v) is 2.35. The average Bonchev–Trinajstić information content (AvgIpc) is 2.52. The predicted molar refractivity (Wildman–Crippen MR) is 81.4 cm³/mol. The number of hydrogen-bond donors (Lipinski definition) is 2. The molecule has 2 atom stereocenters. The van der Waals surface area contributed by atoms with Crippen LogP contribution in [-0.4, -0.2) is 22.7 Å². The lowest BCUT2D eigenvalue weighted by Crippen LogP contribution is -2.31. The van der Waals surface area contributed by atoms with E-state index in [4.69, 9.17) is 5.11 Å². The molecule has 2 rings (SSSR count). The van der Waals surface area contributed by atoms with Crippen molar-refractivity contribution >= 4 is 0 Å². The Morgan fingerprint density at radius 1 is 1.05 bits per heavy atom. The van der Waals surface area contributed by atoms with Crippen LogP contribution >= 0.6 is 0 Å². The molecule has 2 unspecified atom stereocenters. The lowest BCUT2D eigenvalue weighted by Gasteiger charge is -2.24. The molecule has 1 heterocycles. The van der Waals surface area contributed by atoms with E-state index in [0.29, 0.717) is 6.04 Å². The molecule has 3 heteroatoms. The maximum Gasteiger partial charge on any atom is 0.0579 e. The van der Waals surface area contributed by atoms with Crippen molar-refractivity contribution in [3.63, 3.8) is 0 Å². The Labute approximate surface area is 120 Å². The average molecular weight is 270 g/mol. The Morgan fingerprint density at radius 3 is 2.35 bits per heavy atom. The Bertz CT molecular complexity index is 447. The summed E-state index contributed by atoms with van der Waals surface area (Å²) in [6.07, 6.45) is 5.44. The van der Waals surface area contributed by atoms with E-state index >= 15 is 0 Å². The molecule has 1 aromatic heterocycles. The van der Waals surface area contributed by atoms with Crippen LogP contribution < -0.4 is 5.32 Å². The maximum atomic E-state index is 8.95. The molecule has 0 bridgehead atoms. The largest absolute Gasteiger partial charge is 0.396 e. The van der Waals surface area contributed by atoms with Crippen molar-refractivity contribution in [1.29, 1.82) is 0 Å². The van der Waals surface area contributed by atoms with E-state index in [1.165, 1.54) is 11.1 Å². The van der Waals surface area contributed by atoms with Gasteiger partial charge in [-0.05, 0) is 43.0 Å². The van der Waals surface area contributed by atoms with Crippen molar-refractivity contribution in [3.8, 4) is 0 Å². The van der Waals surface area contributed by atoms with Crippen LogP contribution in [0.15, 0.2) is 54.9 Å². The summed E-state index contributed by atoms with van der Waals surface area (Å²) in [5, 5.41) is 12.6. The van der Waals surface area contributed by atoms with Gasteiger partial charge in [0.25, 0.3) is 0 Å². The smallest absolute Gasteiger partial charge is 0.0579 e. The summed E-state index contributed by atoms with van der Waals surface area (Å²) in [7, 11) is 0. The molecule has 2 N–H and O–H groups in total. The highest BCUT2D eigenvalue weighted by Gasteiger charge is 2.15. The molecule has 0 radical (unpaired) electrons. The highest BCUT2D eigenvalue weighted by atomic mass is 16.2. The molecule has 0 aliphatic carbocycles. The molecule has 0 fully saturated rings. The number of hydrogen-bond acceptors (Lipinski definition) is 3. The van der Waals surface area contributed by atoms with E-state index in [2.05, 4.69) is 41.5 Å². The highest BCUT2D eigenvalue weighted by Crippen LogP contribution is 2.22. The zero-order chi connectivity index (χ0) is 14.2. The first-order valence-corrected chi connectivity index (χ1v) is 7.13. The van der Waals surface area contributed by atoms with Crippen LogP contribution in [-0.2, 0) is 0 Å². The van der Waals surface area contributed by atoms with Gasteiger partial charge in [-0.1, -0.05) is 30.3 Å². The van der Waals surface area contributed by atoms with Gasteiger partial charge in [-0.3, -0.25) is 4.98 Å². The molecule has 1 aromatic carbocycles. The topological polar surface area (TPSA) is 45.1 Å². The number of pyridine rings is 1. The second-order valence-electron chi connectivity index (χ2n) is 5.06. The molecule has 0 aliphatic rings. The molecule has 2 aromatic rings. The standard InChI is InChI=1S/C17H22N2O/c1-14(6-5-13-20)19-17(15-7-3-2-4-8-15)16-9-11-18-12-10-16/h2-4,7-12,14,17,19-20H,5-6,13H2,1H3. The first kappa shape index (κ1) is 14.7. The summed E-state index contributed by atoms with van der Waals surface area (Å²) in [6, 6.07) is 15.0. The SMILES string of the molecule is CC(CCCO)NC(c1ccccc1)c1ccncc1. The van der Waals surface area contributed by atoms with Crippen LogP contribution in [0.2, 0.25) is 0 Å². The Kier molecular flexibility index (Phi) is 5.71. The fraction of sp³-hybridized carbons (Fsp3) is 0.353. The van der Waals surface area contributed by atoms with Gasteiger partial charge in [0, 0.05) is 25.0 Å². The second-order valence-corrected chi connectivity index (χ2v) is 5.06. The Hall–Kier alpha value is -1.71. The third-order valence-corrected chi connectivity index (χ3v) is 3.42. The van der Waals surface area contributed by atoms with E-state index in [1.54, 1.807) is 0 Å². The quantitative estimate of drug-likeness (QED) is 0.813. The van der Waals surface area contributed by atoms with Crippen LogP contribution in [0.5, 0.6) is 0 Å². The van der Waals surface area contributed by atoms with Crippen molar-refractivity contribution in [2.45, 2.75) is 31.8 Å². The van der Waals surface area contributed by atoms with E-state index < -0.39 is 0 Å². The minimum Gasteiger partial charge on any atom is -0.396 e.